The minimum absolute atomic E-state index is 0.554. The van der Waals surface area contributed by atoms with Crippen LogP contribution in [0.5, 0.6) is 0 Å². The second-order valence-corrected chi connectivity index (χ2v) is 7.84. The normalized spacial score (nSPS) is 10.7. The van der Waals surface area contributed by atoms with Gasteiger partial charge in [-0.3, -0.25) is 0 Å². The quantitative estimate of drug-likeness (QED) is 0.327. The summed E-state index contributed by atoms with van der Waals surface area (Å²) >= 11 is 0. The summed E-state index contributed by atoms with van der Waals surface area (Å²) < 4.78 is 0. The molecule has 0 aromatic heterocycles. The topological polar surface area (TPSA) is 40.5 Å². The van der Waals surface area contributed by atoms with Gasteiger partial charge in [-0.05, 0) is 51.6 Å². The third-order valence-electron chi connectivity index (χ3n) is 4.82. The molecule has 0 spiro atoms. The van der Waals surface area contributed by atoms with E-state index in [2.05, 4.69) is 78.9 Å². The summed E-state index contributed by atoms with van der Waals surface area (Å²) in [5, 5.41) is 0.554. The highest BCUT2D eigenvalue weighted by molar-refractivity contribution is 7.54. The average Bonchev–Trinajstić information content (AvgIpc) is 2.79. The smallest absolute Gasteiger partial charge is 0.199 e. The van der Waals surface area contributed by atoms with Crippen molar-refractivity contribution in [2.24, 2.45) is 0 Å². The maximum absolute atomic E-state index is 9.31. The van der Waals surface area contributed by atoms with E-state index >= 15 is 0 Å². The largest absolute Gasteiger partial charge is 0.347 e. The molecule has 0 saturated carbocycles. The molecule has 0 amide bonds. The van der Waals surface area contributed by atoms with Crippen LogP contribution in [-0.2, 0) is 0 Å². The fourth-order valence-corrected chi connectivity index (χ4v) is 3.71. The monoisotopic (exact) mass is 396 g/mol. The third kappa shape index (κ3) is 4.70. The third-order valence-corrected chi connectivity index (χ3v) is 5.58. The first-order valence-corrected chi connectivity index (χ1v) is 10.7. The molecule has 29 heavy (non-hydrogen) atoms. The van der Waals surface area contributed by atoms with Crippen LogP contribution in [0.3, 0.4) is 0 Å². The Morgan fingerprint density at radius 1 is 0.552 bits per heavy atom. The van der Waals surface area contributed by atoms with Gasteiger partial charge >= 0.3 is 0 Å². The summed E-state index contributed by atoms with van der Waals surface area (Å²) in [5.41, 5.74) is 6.82. The summed E-state index contributed by atoms with van der Waals surface area (Å²) in [6.45, 7) is 0. The fourth-order valence-electron chi connectivity index (χ4n) is 3.29. The first-order chi connectivity index (χ1) is 14.2. The van der Waals surface area contributed by atoms with Gasteiger partial charge in [0, 0.05) is 5.30 Å². The van der Waals surface area contributed by atoms with E-state index in [1.165, 1.54) is 16.7 Å². The zero-order valence-electron chi connectivity index (χ0n) is 15.8. The highest BCUT2D eigenvalue weighted by Gasteiger charge is 2.06. The van der Waals surface area contributed by atoms with Crippen molar-refractivity contribution >= 4 is 25.3 Å². The van der Waals surface area contributed by atoms with Crippen LogP contribution in [0.15, 0.2) is 109 Å². The molecule has 2 N–H and O–H groups in total. The molecule has 0 bridgehead atoms. The van der Waals surface area contributed by atoms with E-state index in [0.29, 0.717) is 5.30 Å². The molecule has 0 heterocycles. The molecule has 4 aromatic carbocycles. The molecule has 0 saturated heterocycles. The van der Waals surface area contributed by atoms with Gasteiger partial charge in [0.05, 0.1) is 0 Å². The van der Waals surface area contributed by atoms with Crippen LogP contribution in [0.2, 0.25) is 0 Å². The molecule has 0 atom stereocenters. The minimum atomic E-state index is -2.04. The van der Waals surface area contributed by atoms with Gasteiger partial charge in [0.15, 0.2) is 8.38 Å². The van der Waals surface area contributed by atoms with Crippen molar-refractivity contribution in [1.82, 2.24) is 0 Å². The Morgan fingerprint density at radius 2 is 1.00 bits per heavy atom. The molecule has 0 aliphatic carbocycles. The van der Waals surface area contributed by atoms with Gasteiger partial charge in [0.25, 0.3) is 0 Å². The lowest BCUT2D eigenvalue weighted by atomic mass is 9.95. The van der Waals surface area contributed by atoms with Crippen molar-refractivity contribution in [3.8, 4) is 11.1 Å². The first-order valence-electron chi connectivity index (χ1n) is 9.42. The van der Waals surface area contributed by atoms with Crippen molar-refractivity contribution in [3.63, 3.8) is 0 Å². The Morgan fingerprint density at radius 3 is 1.45 bits per heavy atom. The van der Waals surface area contributed by atoms with Crippen molar-refractivity contribution < 1.29 is 9.79 Å². The summed E-state index contributed by atoms with van der Waals surface area (Å²) in [5.74, 6) is 0. The molecule has 3 heteroatoms. The Kier molecular flexibility index (Phi) is 5.97. The molecule has 0 fully saturated rings. The standard InChI is InChI=1S/C26H21O2P/c27-29(28)25-17-15-22(16-18-25)21-13-11-20(12-14-21)19-26(23-7-3-1-4-8-23)24-9-5-2-6-10-24/h1-19,27-28H. The predicted octanol–water partition coefficient (Wildman–Crippen LogP) is 5.86. The number of rotatable bonds is 5. The lowest BCUT2D eigenvalue weighted by molar-refractivity contribution is 0.497. The lowest BCUT2D eigenvalue weighted by Gasteiger charge is -2.10. The molecule has 2 nitrogen and oxygen atoms in total. The van der Waals surface area contributed by atoms with Crippen LogP contribution in [0.1, 0.15) is 16.7 Å². The van der Waals surface area contributed by atoms with Crippen molar-refractivity contribution in [1.29, 1.82) is 0 Å². The van der Waals surface area contributed by atoms with Gasteiger partial charge < -0.3 is 9.79 Å². The molecular formula is C26H21O2P. The van der Waals surface area contributed by atoms with Gasteiger partial charge in [-0.15, -0.1) is 0 Å². The minimum Gasteiger partial charge on any atom is -0.347 e. The van der Waals surface area contributed by atoms with E-state index in [0.717, 1.165) is 16.7 Å². The summed E-state index contributed by atoms with van der Waals surface area (Å²) in [6, 6.07) is 36.6. The van der Waals surface area contributed by atoms with Crippen LogP contribution in [0, 0.1) is 0 Å². The maximum Gasteiger partial charge on any atom is 0.199 e. The van der Waals surface area contributed by atoms with E-state index in [4.69, 9.17) is 0 Å². The molecular weight excluding hydrogens is 375 g/mol. The van der Waals surface area contributed by atoms with Crippen molar-refractivity contribution in [2.75, 3.05) is 0 Å². The molecule has 0 radical (unpaired) electrons. The maximum atomic E-state index is 9.31. The SMILES string of the molecule is OP(O)c1ccc(-c2ccc(C=C(c3ccccc3)c3ccccc3)cc2)cc1. The van der Waals surface area contributed by atoms with Gasteiger partial charge in [-0.25, -0.2) is 0 Å². The van der Waals surface area contributed by atoms with Gasteiger partial charge in [-0.1, -0.05) is 97.1 Å². The predicted molar refractivity (Wildman–Crippen MR) is 123 cm³/mol. The van der Waals surface area contributed by atoms with E-state index in [1.807, 2.05) is 24.3 Å². The Hall–Kier alpha value is -3.03. The Balaban J connectivity index is 1.67. The van der Waals surface area contributed by atoms with E-state index in [9.17, 15) is 9.79 Å². The molecule has 0 aliphatic rings. The van der Waals surface area contributed by atoms with Gasteiger partial charge in [-0.2, -0.15) is 0 Å². The van der Waals surface area contributed by atoms with E-state index < -0.39 is 8.38 Å². The number of benzene rings is 4. The van der Waals surface area contributed by atoms with Crippen molar-refractivity contribution in [3.05, 3.63) is 126 Å². The van der Waals surface area contributed by atoms with Crippen molar-refractivity contribution in [2.45, 2.75) is 0 Å². The van der Waals surface area contributed by atoms with Gasteiger partial charge in [0.2, 0.25) is 0 Å². The lowest BCUT2D eigenvalue weighted by Crippen LogP contribution is -1.98. The fraction of sp³-hybridized carbons (Fsp3) is 0. The van der Waals surface area contributed by atoms with E-state index in [-0.39, 0.29) is 0 Å². The zero-order chi connectivity index (χ0) is 20.1. The number of hydrogen-bond donors (Lipinski definition) is 2. The number of hydrogen-bond acceptors (Lipinski definition) is 2. The molecule has 142 valence electrons. The van der Waals surface area contributed by atoms with Gasteiger partial charge in [0.1, 0.15) is 0 Å². The second kappa shape index (κ2) is 8.98. The van der Waals surface area contributed by atoms with Crippen LogP contribution < -0.4 is 5.30 Å². The summed E-state index contributed by atoms with van der Waals surface area (Å²) in [6.07, 6.45) is 2.21. The first kappa shape index (κ1) is 19.3. The molecule has 0 unspecified atom stereocenters. The van der Waals surface area contributed by atoms with Crippen LogP contribution in [0.4, 0.5) is 0 Å². The second-order valence-electron chi connectivity index (χ2n) is 6.75. The van der Waals surface area contributed by atoms with Crippen LogP contribution >= 0.6 is 8.38 Å². The van der Waals surface area contributed by atoms with Crippen LogP contribution in [0.25, 0.3) is 22.8 Å². The molecule has 4 aromatic rings. The van der Waals surface area contributed by atoms with E-state index in [1.54, 1.807) is 12.1 Å². The highest BCUT2D eigenvalue weighted by Crippen LogP contribution is 2.28. The summed E-state index contributed by atoms with van der Waals surface area (Å²) in [4.78, 5) is 18.6. The highest BCUT2D eigenvalue weighted by atomic mass is 31.2. The zero-order valence-corrected chi connectivity index (χ0v) is 16.7. The summed E-state index contributed by atoms with van der Waals surface area (Å²) in [7, 11) is -2.04. The average molecular weight is 396 g/mol. The molecule has 4 rings (SSSR count). The Bertz CT molecular complexity index is 1040. The Labute approximate surface area is 172 Å². The molecule has 0 aliphatic heterocycles. The van der Waals surface area contributed by atoms with Crippen LogP contribution in [-0.4, -0.2) is 9.79 Å².